The molecule has 2 aromatic carbocycles. The van der Waals surface area contributed by atoms with Gasteiger partial charge in [-0.25, -0.2) is 4.39 Å². The van der Waals surface area contributed by atoms with Crippen LogP contribution in [0.4, 0.5) is 9.52 Å². The summed E-state index contributed by atoms with van der Waals surface area (Å²) >= 11 is 1.56. The van der Waals surface area contributed by atoms with Crippen molar-refractivity contribution < 1.29 is 13.9 Å². The molecule has 3 aromatic rings. The molecule has 1 aliphatic rings. The lowest BCUT2D eigenvalue weighted by atomic mass is 9.89. The van der Waals surface area contributed by atoms with Gasteiger partial charge in [0, 0.05) is 31.0 Å². The van der Waals surface area contributed by atoms with Crippen LogP contribution in [0.25, 0.3) is 0 Å². The Bertz CT molecular complexity index is 964. The van der Waals surface area contributed by atoms with Crippen LogP contribution in [0.3, 0.4) is 0 Å². The van der Waals surface area contributed by atoms with E-state index in [1.165, 1.54) is 12.1 Å². The van der Waals surface area contributed by atoms with Gasteiger partial charge < -0.3 is 9.64 Å². The molecular weight excluding hydrogens is 389 g/mol. The number of benzene rings is 2. The summed E-state index contributed by atoms with van der Waals surface area (Å²) in [6.07, 6.45) is 2.25. The molecule has 0 aliphatic carbocycles. The Morgan fingerprint density at radius 3 is 2.45 bits per heavy atom. The maximum absolute atomic E-state index is 13.0. The van der Waals surface area contributed by atoms with E-state index in [1.54, 1.807) is 30.6 Å². The number of hydrogen-bond donors (Lipinski definition) is 0. The van der Waals surface area contributed by atoms with Crippen molar-refractivity contribution >= 4 is 22.3 Å². The Morgan fingerprint density at radius 2 is 1.79 bits per heavy atom. The van der Waals surface area contributed by atoms with Crippen molar-refractivity contribution in [2.45, 2.75) is 19.3 Å². The van der Waals surface area contributed by atoms with Gasteiger partial charge in [0.2, 0.25) is 5.13 Å². The zero-order valence-corrected chi connectivity index (χ0v) is 17.0. The SMILES string of the molecule is COc1ccc(C(=O)C2CCN(c3nnc(Cc4ccc(F)cc4)s3)CC2)cc1. The molecule has 29 heavy (non-hydrogen) atoms. The lowest BCUT2D eigenvalue weighted by Crippen LogP contribution is -2.36. The highest BCUT2D eigenvalue weighted by Gasteiger charge is 2.27. The molecule has 1 aliphatic heterocycles. The van der Waals surface area contributed by atoms with E-state index in [9.17, 15) is 9.18 Å². The first kappa shape index (κ1) is 19.5. The summed E-state index contributed by atoms with van der Waals surface area (Å²) in [5, 5.41) is 10.4. The monoisotopic (exact) mass is 411 g/mol. The molecule has 0 saturated carbocycles. The van der Waals surface area contributed by atoms with Crippen LogP contribution >= 0.6 is 11.3 Å². The highest BCUT2D eigenvalue weighted by Crippen LogP contribution is 2.29. The number of anilines is 1. The zero-order valence-electron chi connectivity index (χ0n) is 16.2. The number of ether oxygens (including phenoxy) is 1. The molecule has 5 nitrogen and oxygen atoms in total. The highest BCUT2D eigenvalue weighted by atomic mass is 32.1. The first-order chi connectivity index (χ1) is 14.1. The summed E-state index contributed by atoms with van der Waals surface area (Å²) in [5.41, 5.74) is 1.75. The number of methoxy groups -OCH3 is 1. The number of hydrogen-bond acceptors (Lipinski definition) is 6. The summed E-state index contributed by atoms with van der Waals surface area (Å²) in [5.74, 6) is 0.746. The number of ketones is 1. The Hall–Kier alpha value is -2.80. The van der Waals surface area contributed by atoms with Crippen LogP contribution in [0.5, 0.6) is 5.75 Å². The van der Waals surface area contributed by atoms with Gasteiger partial charge in [-0.3, -0.25) is 4.79 Å². The minimum Gasteiger partial charge on any atom is -0.497 e. The third-order valence-corrected chi connectivity index (χ3v) is 6.22. The normalized spacial score (nSPS) is 14.8. The minimum atomic E-state index is -0.237. The molecular formula is C22H22FN3O2S. The number of Topliss-reactive ketones (excluding diaryl/α,β-unsaturated/α-hetero) is 1. The quantitative estimate of drug-likeness (QED) is 0.564. The van der Waals surface area contributed by atoms with Gasteiger partial charge >= 0.3 is 0 Å². The van der Waals surface area contributed by atoms with E-state index in [4.69, 9.17) is 4.74 Å². The second-order valence-corrected chi connectivity index (χ2v) is 8.18. The van der Waals surface area contributed by atoms with Crippen LogP contribution < -0.4 is 9.64 Å². The molecule has 0 amide bonds. The molecule has 0 radical (unpaired) electrons. The molecule has 1 saturated heterocycles. The smallest absolute Gasteiger partial charge is 0.208 e. The number of rotatable bonds is 6. The van der Waals surface area contributed by atoms with E-state index in [0.29, 0.717) is 6.42 Å². The van der Waals surface area contributed by atoms with Crippen molar-refractivity contribution in [3.05, 3.63) is 70.5 Å². The molecule has 0 bridgehead atoms. The van der Waals surface area contributed by atoms with Gasteiger partial charge in [-0.05, 0) is 54.8 Å². The van der Waals surface area contributed by atoms with Gasteiger partial charge in [0.1, 0.15) is 16.6 Å². The van der Waals surface area contributed by atoms with Gasteiger partial charge in [0.15, 0.2) is 5.78 Å². The molecule has 0 spiro atoms. The van der Waals surface area contributed by atoms with Gasteiger partial charge in [-0.1, -0.05) is 23.5 Å². The van der Waals surface area contributed by atoms with Gasteiger partial charge in [-0.15, -0.1) is 10.2 Å². The van der Waals surface area contributed by atoms with Crippen LogP contribution in [0.15, 0.2) is 48.5 Å². The maximum Gasteiger partial charge on any atom is 0.208 e. The van der Waals surface area contributed by atoms with Crippen molar-refractivity contribution in [3.63, 3.8) is 0 Å². The lowest BCUT2D eigenvalue weighted by Gasteiger charge is -2.30. The van der Waals surface area contributed by atoms with Crippen molar-refractivity contribution in [1.29, 1.82) is 0 Å². The Morgan fingerprint density at radius 1 is 1.10 bits per heavy atom. The number of carbonyl (C=O) groups is 1. The third kappa shape index (κ3) is 4.62. The van der Waals surface area contributed by atoms with Crippen molar-refractivity contribution in [2.75, 3.05) is 25.1 Å². The lowest BCUT2D eigenvalue weighted by molar-refractivity contribution is 0.0900. The van der Waals surface area contributed by atoms with E-state index in [2.05, 4.69) is 15.1 Å². The fourth-order valence-corrected chi connectivity index (χ4v) is 4.47. The number of piperidine rings is 1. The standard InChI is InChI=1S/C22H22FN3O2S/c1-28-19-8-4-16(5-9-19)21(27)17-10-12-26(13-11-17)22-25-24-20(29-22)14-15-2-6-18(23)7-3-15/h2-9,17H,10-14H2,1H3. The van der Waals surface area contributed by atoms with Crippen LogP contribution in [-0.2, 0) is 6.42 Å². The minimum absolute atomic E-state index is 0.0336. The predicted molar refractivity (Wildman–Crippen MR) is 111 cm³/mol. The fourth-order valence-electron chi connectivity index (χ4n) is 3.54. The van der Waals surface area contributed by atoms with Crippen LogP contribution in [0, 0.1) is 11.7 Å². The molecule has 7 heteroatoms. The molecule has 0 N–H and O–H groups in total. The average molecular weight is 412 g/mol. The summed E-state index contributed by atoms with van der Waals surface area (Å²) < 4.78 is 18.2. The molecule has 4 rings (SSSR count). The number of aromatic nitrogens is 2. The summed E-state index contributed by atoms with van der Waals surface area (Å²) in [6.45, 7) is 1.58. The highest BCUT2D eigenvalue weighted by molar-refractivity contribution is 7.15. The van der Waals surface area contributed by atoms with Crippen molar-refractivity contribution in [3.8, 4) is 5.75 Å². The Kier molecular flexibility index (Phi) is 5.85. The number of carbonyl (C=O) groups excluding carboxylic acids is 1. The molecule has 0 unspecified atom stereocenters. The maximum atomic E-state index is 13.0. The Balaban J connectivity index is 1.34. The van der Waals surface area contributed by atoms with Crippen LogP contribution in [-0.4, -0.2) is 36.2 Å². The third-order valence-electron chi connectivity index (χ3n) is 5.24. The summed E-state index contributed by atoms with van der Waals surface area (Å²) in [6, 6.07) is 13.8. The predicted octanol–water partition coefficient (Wildman–Crippen LogP) is 4.38. The first-order valence-corrected chi connectivity index (χ1v) is 10.4. The van der Waals surface area contributed by atoms with E-state index in [1.807, 2.05) is 24.3 Å². The van der Waals surface area contributed by atoms with E-state index < -0.39 is 0 Å². The first-order valence-electron chi connectivity index (χ1n) is 9.62. The largest absolute Gasteiger partial charge is 0.497 e. The number of nitrogens with zero attached hydrogens (tertiary/aromatic N) is 3. The molecule has 0 atom stereocenters. The van der Waals surface area contributed by atoms with E-state index in [-0.39, 0.29) is 17.5 Å². The zero-order chi connectivity index (χ0) is 20.2. The Labute approximate surface area is 173 Å². The van der Waals surface area contributed by atoms with Crippen LogP contribution in [0.1, 0.15) is 33.8 Å². The topological polar surface area (TPSA) is 55.3 Å². The second-order valence-electron chi connectivity index (χ2n) is 7.14. The summed E-state index contributed by atoms with van der Waals surface area (Å²) in [4.78, 5) is 15.0. The van der Waals surface area contributed by atoms with Gasteiger partial charge in [0.05, 0.1) is 7.11 Å². The molecule has 1 aromatic heterocycles. The van der Waals surface area contributed by atoms with E-state index in [0.717, 1.165) is 52.9 Å². The molecule has 2 heterocycles. The second kappa shape index (κ2) is 8.69. The average Bonchev–Trinajstić information content (AvgIpc) is 3.23. The number of halogens is 1. The van der Waals surface area contributed by atoms with Gasteiger partial charge in [0.25, 0.3) is 0 Å². The van der Waals surface area contributed by atoms with Crippen LogP contribution in [0.2, 0.25) is 0 Å². The van der Waals surface area contributed by atoms with Crippen molar-refractivity contribution in [1.82, 2.24) is 10.2 Å². The molecule has 1 fully saturated rings. The van der Waals surface area contributed by atoms with Crippen molar-refractivity contribution in [2.24, 2.45) is 5.92 Å². The van der Waals surface area contributed by atoms with Gasteiger partial charge in [-0.2, -0.15) is 0 Å². The summed E-state index contributed by atoms with van der Waals surface area (Å²) in [7, 11) is 1.62. The van der Waals surface area contributed by atoms with E-state index >= 15 is 0 Å². The fraction of sp³-hybridized carbons (Fsp3) is 0.318. The molecule has 150 valence electrons.